The molecule has 108 valence electrons. The van der Waals surface area contributed by atoms with Crippen molar-refractivity contribution in [2.75, 3.05) is 5.73 Å². The van der Waals surface area contributed by atoms with E-state index in [1.54, 1.807) is 12.1 Å². The largest absolute Gasteiger partial charge is 0.449 e. The fourth-order valence-corrected chi connectivity index (χ4v) is 2.84. The number of alkyl halides is 3. The molecule has 0 aliphatic heterocycles. The van der Waals surface area contributed by atoms with Gasteiger partial charge >= 0.3 is 6.18 Å². The molecule has 0 atom stereocenters. The summed E-state index contributed by atoms with van der Waals surface area (Å²) in [5.74, 6) is -0.575. The van der Waals surface area contributed by atoms with E-state index in [-0.39, 0.29) is 5.92 Å². The van der Waals surface area contributed by atoms with Crippen LogP contribution in [-0.4, -0.2) is 9.55 Å². The van der Waals surface area contributed by atoms with Crippen LogP contribution in [0.4, 0.5) is 18.9 Å². The van der Waals surface area contributed by atoms with Crippen LogP contribution in [0.2, 0.25) is 0 Å². The molecule has 2 N–H and O–H groups in total. The number of nitrogen functional groups attached to an aromatic ring is 1. The maximum Gasteiger partial charge on any atom is 0.449 e. The maximum atomic E-state index is 13.3. The number of imidazole rings is 1. The molecule has 1 heterocycles. The van der Waals surface area contributed by atoms with Gasteiger partial charge in [-0.3, -0.25) is 0 Å². The van der Waals surface area contributed by atoms with Crippen molar-refractivity contribution < 1.29 is 13.2 Å². The van der Waals surface area contributed by atoms with Crippen LogP contribution in [0.25, 0.3) is 11.0 Å². The molecule has 1 saturated carbocycles. The molecule has 0 bridgehead atoms. The second-order valence-corrected chi connectivity index (χ2v) is 5.94. The first-order valence-corrected chi connectivity index (χ1v) is 6.57. The van der Waals surface area contributed by atoms with Crippen molar-refractivity contribution in [2.24, 2.45) is 5.92 Å². The lowest BCUT2D eigenvalue weighted by molar-refractivity contribution is -0.149. The van der Waals surface area contributed by atoms with Crippen molar-refractivity contribution >= 4 is 16.7 Å². The van der Waals surface area contributed by atoms with Gasteiger partial charge in [0.1, 0.15) is 0 Å². The third-order valence-corrected chi connectivity index (χ3v) is 4.08. The summed E-state index contributed by atoms with van der Waals surface area (Å²) in [6, 6.07) is 4.73. The molecule has 1 aliphatic carbocycles. The van der Waals surface area contributed by atoms with Gasteiger partial charge in [0, 0.05) is 11.2 Å². The highest BCUT2D eigenvalue weighted by Crippen LogP contribution is 2.47. The Labute approximate surface area is 114 Å². The van der Waals surface area contributed by atoms with Crippen molar-refractivity contribution in [3.05, 3.63) is 24.0 Å². The molecule has 0 amide bonds. The van der Waals surface area contributed by atoms with Crippen LogP contribution >= 0.6 is 0 Å². The molecule has 3 rings (SSSR count). The van der Waals surface area contributed by atoms with Crippen LogP contribution in [0, 0.1) is 5.92 Å². The van der Waals surface area contributed by atoms with Gasteiger partial charge in [0.25, 0.3) is 0 Å². The molecule has 0 spiro atoms. The van der Waals surface area contributed by atoms with Crippen LogP contribution in [0.3, 0.4) is 0 Å². The minimum absolute atomic E-state index is 0.263. The number of aromatic nitrogens is 2. The first-order valence-electron chi connectivity index (χ1n) is 6.57. The van der Waals surface area contributed by atoms with Crippen LogP contribution in [0.1, 0.15) is 32.5 Å². The average Bonchev–Trinajstić information content (AvgIpc) is 3.09. The number of halogens is 3. The quantitative estimate of drug-likeness (QED) is 0.852. The SMILES string of the molecule is CC(C)(C1CC1)n1c(C(F)(F)F)nc2cc(N)ccc21. The summed E-state index contributed by atoms with van der Waals surface area (Å²) < 4.78 is 41.2. The molecule has 2 aromatic rings. The maximum absolute atomic E-state index is 13.3. The molecule has 20 heavy (non-hydrogen) atoms. The third kappa shape index (κ3) is 1.94. The molecular formula is C14H16F3N3. The lowest BCUT2D eigenvalue weighted by Gasteiger charge is -2.30. The molecule has 6 heteroatoms. The van der Waals surface area contributed by atoms with E-state index in [9.17, 15) is 13.2 Å². The molecular weight excluding hydrogens is 267 g/mol. The van der Waals surface area contributed by atoms with Gasteiger partial charge in [-0.1, -0.05) is 0 Å². The first kappa shape index (κ1) is 13.3. The smallest absolute Gasteiger partial charge is 0.399 e. The van der Waals surface area contributed by atoms with Crippen molar-refractivity contribution in [3.63, 3.8) is 0 Å². The van der Waals surface area contributed by atoms with Gasteiger partial charge in [-0.05, 0) is 50.8 Å². The van der Waals surface area contributed by atoms with Gasteiger partial charge < -0.3 is 10.3 Å². The number of nitrogens with zero attached hydrogens (tertiary/aromatic N) is 2. The Kier molecular flexibility index (Phi) is 2.59. The predicted molar refractivity (Wildman–Crippen MR) is 71.2 cm³/mol. The molecule has 0 saturated heterocycles. The van der Waals surface area contributed by atoms with Crippen LogP contribution < -0.4 is 5.73 Å². The lowest BCUT2D eigenvalue weighted by atomic mass is 9.97. The molecule has 0 unspecified atom stereocenters. The van der Waals surface area contributed by atoms with E-state index < -0.39 is 17.5 Å². The summed E-state index contributed by atoms with van der Waals surface area (Å²) >= 11 is 0. The van der Waals surface area contributed by atoms with Crippen molar-refractivity contribution in [3.8, 4) is 0 Å². The predicted octanol–water partition coefficient (Wildman–Crippen LogP) is 3.78. The van der Waals surface area contributed by atoms with E-state index in [1.807, 2.05) is 13.8 Å². The van der Waals surface area contributed by atoms with Gasteiger partial charge in [0.05, 0.1) is 11.0 Å². The summed E-state index contributed by atoms with van der Waals surface area (Å²) in [6.45, 7) is 3.69. The number of benzene rings is 1. The normalized spacial score (nSPS) is 16.9. The zero-order chi connectivity index (χ0) is 14.7. The Morgan fingerprint density at radius 1 is 1.25 bits per heavy atom. The number of hydrogen-bond donors (Lipinski definition) is 1. The minimum atomic E-state index is -4.47. The Hall–Kier alpha value is -1.72. The minimum Gasteiger partial charge on any atom is -0.399 e. The van der Waals surface area contributed by atoms with Gasteiger partial charge in [-0.15, -0.1) is 0 Å². The Balaban J connectivity index is 2.31. The second kappa shape index (κ2) is 3.90. The summed E-state index contributed by atoms with van der Waals surface area (Å²) in [6.07, 6.45) is -2.56. The summed E-state index contributed by atoms with van der Waals surface area (Å²) in [5.41, 5.74) is 6.24. The number of hydrogen-bond acceptors (Lipinski definition) is 2. The van der Waals surface area contributed by atoms with E-state index in [0.29, 0.717) is 16.7 Å². The van der Waals surface area contributed by atoms with Crippen molar-refractivity contribution in [1.29, 1.82) is 0 Å². The van der Waals surface area contributed by atoms with Crippen LogP contribution in [0.5, 0.6) is 0 Å². The van der Waals surface area contributed by atoms with Gasteiger partial charge in [0.15, 0.2) is 0 Å². The van der Waals surface area contributed by atoms with E-state index in [2.05, 4.69) is 4.98 Å². The van der Waals surface area contributed by atoms with Gasteiger partial charge in [0.2, 0.25) is 5.82 Å². The highest BCUT2D eigenvalue weighted by molar-refractivity contribution is 5.80. The number of nitrogens with two attached hydrogens (primary N) is 1. The Bertz CT molecular complexity index is 666. The van der Waals surface area contributed by atoms with E-state index in [4.69, 9.17) is 5.73 Å². The van der Waals surface area contributed by atoms with Gasteiger partial charge in [-0.2, -0.15) is 13.2 Å². The monoisotopic (exact) mass is 283 g/mol. The fourth-order valence-electron chi connectivity index (χ4n) is 2.84. The fraction of sp³-hybridized carbons (Fsp3) is 0.500. The van der Waals surface area contributed by atoms with Crippen LogP contribution in [-0.2, 0) is 11.7 Å². The topological polar surface area (TPSA) is 43.8 Å². The standard InChI is InChI=1S/C14H16F3N3/c1-13(2,8-3-4-8)20-11-6-5-9(18)7-10(11)19-12(20)14(15,16)17/h5-8H,3-4,18H2,1-2H3. The zero-order valence-electron chi connectivity index (χ0n) is 11.3. The Morgan fingerprint density at radius 2 is 1.90 bits per heavy atom. The second-order valence-electron chi connectivity index (χ2n) is 5.94. The first-order chi connectivity index (χ1) is 9.21. The summed E-state index contributed by atoms with van der Waals surface area (Å²) in [4.78, 5) is 3.78. The number of fused-ring (bicyclic) bond motifs is 1. The highest BCUT2D eigenvalue weighted by atomic mass is 19.4. The lowest BCUT2D eigenvalue weighted by Crippen LogP contribution is -2.33. The van der Waals surface area contributed by atoms with Crippen molar-refractivity contribution in [2.45, 2.75) is 38.4 Å². The Morgan fingerprint density at radius 3 is 2.45 bits per heavy atom. The highest BCUT2D eigenvalue weighted by Gasteiger charge is 2.46. The average molecular weight is 283 g/mol. The van der Waals surface area contributed by atoms with E-state index in [0.717, 1.165) is 12.8 Å². The van der Waals surface area contributed by atoms with E-state index >= 15 is 0 Å². The molecule has 1 aliphatic rings. The van der Waals surface area contributed by atoms with Gasteiger partial charge in [-0.25, -0.2) is 4.98 Å². The zero-order valence-corrected chi connectivity index (χ0v) is 11.3. The molecule has 1 aromatic heterocycles. The number of rotatable bonds is 2. The van der Waals surface area contributed by atoms with Crippen LogP contribution in [0.15, 0.2) is 18.2 Å². The van der Waals surface area contributed by atoms with E-state index in [1.165, 1.54) is 10.6 Å². The summed E-state index contributed by atoms with van der Waals surface area (Å²) in [5, 5.41) is 0. The summed E-state index contributed by atoms with van der Waals surface area (Å²) in [7, 11) is 0. The molecule has 0 radical (unpaired) electrons. The van der Waals surface area contributed by atoms with Crippen molar-refractivity contribution in [1.82, 2.24) is 9.55 Å². The molecule has 1 fully saturated rings. The molecule has 1 aromatic carbocycles. The molecule has 3 nitrogen and oxygen atoms in total. The number of anilines is 1. The third-order valence-electron chi connectivity index (χ3n) is 4.08.